The Bertz CT molecular complexity index is 612. The van der Waals surface area contributed by atoms with E-state index in [9.17, 15) is 29.1 Å². The number of rotatable bonds is 15. The number of carboxylic acid groups (broad SMARTS) is 2. The molecular weight excluding hydrogens is 398 g/mol. The van der Waals surface area contributed by atoms with Crippen LogP contribution < -0.4 is 27.4 Å². The van der Waals surface area contributed by atoms with Crippen molar-refractivity contribution in [3.8, 4) is 0 Å². The molecular formula is C18H33N5O7. The van der Waals surface area contributed by atoms with Crippen LogP contribution in [0.4, 0.5) is 0 Å². The summed E-state index contributed by atoms with van der Waals surface area (Å²) in [6.45, 7) is 3.39. The first-order chi connectivity index (χ1) is 14.0. The maximum Gasteiger partial charge on any atom is 0.326 e. The summed E-state index contributed by atoms with van der Waals surface area (Å²) in [5, 5.41) is 25.4. The van der Waals surface area contributed by atoms with Crippen LogP contribution in [-0.2, 0) is 24.0 Å². The summed E-state index contributed by atoms with van der Waals surface area (Å²) in [5.41, 5.74) is 10.6. The molecule has 0 fully saturated rings. The summed E-state index contributed by atoms with van der Waals surface area (Å²) in [6, 6.07) is -3.49. The Labute approximate surface area is 175 Å². The van der Waals surface area contributed by atoms with Gasteiger partial charge in [-0.05, 0) is 38.1 Å². The lowest BCUT2D eigenvalue weighted by molar-refractivity contribution is -0.143. The highest BCUT2D eigenvalue weighted by molar-refractivity contribution is 5.93. The molecule has 0 aromatic carbocycles. The zero-order valence-corrected chi connectivity index (χ0v) is 17.3. The zero-order valence-electron chi connectivity index (χ0n) is 17.3. The van der Waals surface area contributed by atoms with Crippen molar-refractivity contribution in [1.29, 1.82) is 0 Å². The van der Waals surface area contributed by atoms with Crippen molar-refractivity contribution < 1.29 is 34.2 Å². The predicted octanol–water partition coefficient (Wildman–Crippen LogP) is -1.87. The van der Waals surface area contributed by atoms with Gasteiger partial charge in [-0.15, -0.1) is 0 Å². The van der Waals surface area contributed by atoms with Crippen LogP contribution in [0.3, 0.4) is 0 Å². The van der Waals surface area contributed by atoms with Crippen molar-refractivity contribution in [2.75, 3.05) is 13.1 Å². The van der Waals surface area contributed by atoms with Crippen LogP contribution in [0, 0.1) is 5.92 Å². The zero-order chi connectivity index (χ0) is 23.3. The van der Waals surface area contributed by atoms with Crippen molar-refractivity contribution in [2.24, 2.45) is 17.4 Å². The average Bonchev–Trinajstić information content (AvgIpc) is 2.67. The third-order valence-corrected chi connectivity index (χ3v) is 4.29. The Balaban J connectivity index is 5.32. The molecule has 0 bridgehead atoms. The number of hydrogen-bond acceptors (Lipinski definition) is 7. The minimum atomic E-state index is -1.29. The second-order valence-corrected chi connectivity index (χ2v) is 7.17. The highest BCUT2D eigenvalue weighted by atomic mass is 16.4. The Hall–Kier alpha value is -2.73. The molecule has 0 heterocycles. The van der Waals surface area contributed by atoms with Gasteiger partial charge >= 0.3 is 11.9 Å². The van der Waals surface area contributed by atoms with Gasteiger partial charge < -0.3 is 37.6 Å². The molecule has 0 radical (unpaired) electrons. The molecule has 0 saturated carbocycles. The van der Waals surface area contributed by atoms with Crippen LogP contribution in [0.2, 0.25) is 0 Å². The molecule has 172 valence electrons. The van der Waals surface area contributed by atoms with E-state index in [2.05, 4.69) is 16.0 Å². The fourth-order valence-electron chi connectivity index (χ4n) is 2.59. The molecule has 0 saturated heterocycles. The van der Waals surface area contributed by atoms with E-state index >= 15 is 0 Å². The summed E-state index contributed by atoms with van der Waals surface area (Å²) >= 11 is 0. The lowest BCUT2D eigenvalue weighted by Gasteiger charge is -2.26. The smallest absolute Gasteiger partial charge is 0.326 e. The van der Waals surface area contributed by atoms with Crippen LogP contribution in [0.1, 0.15) is 46.0 Å². The van der Waals surface area contributed by atoms with E-state index in [1.807, 2.05) is 0 Å². The maximum absolute atomic E-state index is 12.6. The predicted molar refractivity (Wildman–Crippen MR) is 107 cm³/mol. The number of aliphatic carboxylic acids is 2. The maximum atomic E-state index is 12.6. The first kappa shape index (κ1) is 27.3. The molecule has 3 amide bonds. The van der Waals surface area contributed by atoms with Crippen LogP contribution in [0.25, 0.3) is 0 Å². The van der Waals surface area contributed by atoms with Gasteiger partial charge in [0.2, 0.25) is 17.7 Å². The van der Waals surface area contributed by atoms with Crippen molar-refractivity contribution in [3.63, 3.8) is 0 Å². The molecule has 0 aliphatic rings. The largest absolute Gasteiger partial charge is 0.481 e. The van der Waals surface area contributed by atoms with E-state index in [1.54, 1.807) is 13.8 Å². The van der Waals surface area contributed by atoms with E-state index < -0.39 is 54.2 Å². The summed E-state index contributed by atoms with van der Waals surface area (Å²) in [5.74, 6) is -4.87. The van der Waals surface area contributed by atoms with Gasteiger partial charge in [0, 0.05) is 6.42 Å². The molecule has 0 aromatic rings. The Kier molecular flexibility index (Phi) is 13.0. The molecule has 0 aliphatic heterocycles. The first-order valence-corrected chi connectivity index (χ1v) is 9.78. The number of carbonyl (C=O) groups excluding carboxylic acids is 3. The number of hydrogen-bond donors (Lipinski definition) is 7. The third-order valence-electron chi connectivity index (χ3n) is 4.29. The Morgan fingerprint density at radius 2 is 1.43 bits per heavy atom. The van der Waals surface area contributed by atoms with E-state index in [0.29, 0.717) is 19.4 Å². The van der Waals surface area contributed by atoms with Gasteiger partial charge in [-0.3, -0.25) is 19.2 Å². The number of carboxylic acids is 2. The average molecular weight is 431 g/mol. The minimum Gasteiger partial charge on any atom is -0.481 e. The number of nitrogens with one attached hydrogen (secondary N) is 3. The normalized spacial score (nSPS) is 13.8. The third kappa shape index (κ3) is 10.7. The molecule has 9 N–H and O–H groups in total. The van der Waals surface area contributed by atoms with Crippen LogP contribution in [0.5, 0.6) is 0 Å². The minimum absolute atomic E-state index is 0.138. The van der Waals surface area contributed by atoms with Crippen LogP contribution in [-0.4, -0.2) is 71.1 Å². The second-order valence-electron chi connectivity index (χ2n) is 7.17. The summed E-state index contributed by atoms with van der Waals surface area (Å²) in [4.78, 5) is 59.1. The Morgan fingerprint density at radius 1 is 0.833 bits per heavy atom. The topological polar surface area (TPSA) is 214 Å². The van der Waals surface area contributed by atoms with Crippen molar-refractivity contribution in [2.45, 2.75) is 64.1 Å². The summed E-state index contributed by atoms with van der Waals surface area (Å²) in [7, 11) is 0. The number of amides is 3. The number of unbranched alkanes of at least 4 members (excludes halogenated alkanes) is 1. The quantitative estimate of drug-likeness (QED) is 0.144. The molecule has 0 spiro atoms. The lowest BCUT2D eigenvalue weighted by atomic mass is 10.0. The molecule has 30 heavy (non-hydrogen) atoms. The van der Waals surface area contributed by atoms with Gasteiger partial charge in [-0.1, -0.05) is 13.8 Å². The van der Waals surface area contributed by atoms with Gasteiger partial charge in [0.25, 0.3) is 0 Å². The van der Waals surface area contributed by atoms with Crippen molar-refractivity contribution in [3.05, 3.63) is 0 Å². The molecule has 3 atom stereocenters. The van der Waals surface area contributed by atoms with E-state index in [0.717, 1.165) is 0 Å². The SMILES string of the molecule is CC(C)C(NC(=O)CN)C(=O)NC(CCC(=O)O)C(=O)NC(CCCCN)C(=O)O. The molecule has 12 nitrogen and oxygen atoms in total. The standard InChI is InChI=1S/C18H33N5O7/c1-10(2)15(23-13(24)9-20)17(28)21-11(6-7-14(25)26)16(27)22-12(18(29)30)5-3-4-8-19/h10-12,15H,3-9,19-20H2,1-2H3,(H,21,28)(H,22,27)(H,23,24)(H,25,26)(H,29,30). The van der Waals surface area contributed by atoms with Crippen LogP contribution >= 0.6 is 0 Å². The molecule has 0 aliphatic carbocycles. The van der Waals surface area contributed by atoms with Gasteiger partial charge in [0.1, 0.15) is 18.1 Å². The van der Waals surface area contributed by atoms with E-state index in [-0.39, 0.29) is 25.3 Å². The van der Waals surface area contributed by atoms with Crippen molar-refractivity contribution >= 4 is 29.7 Å². The highest BCUT2D eigenvalue weighted by Gasteiger charge is 2.30. The molecule has 12 heteroatoms. The summed E-state index contributed by atoms with van der Waals surface area (Å²) < 4.78 is 0. The molecule has 0 rings (SSSR count). The first-order valence-electron chi connectivity index (χ1n) is 9.78. The van der Waals surface area contributed by atoms with Gasteiger partial charge in [0.15, 0.2) is 0 Å². The van der Waals surface area contributed by atoms with Crippen molar-refractivity contribution in [1.82, 2.24) is 16.0 Å². The Morgan fingerprint density at radius 3 is 1.90 bits per heavy atom. The van der Waals surface area contributed by atoms with Gasteiger partial charge in [0.05, 0.1) is 6.54 Å². The second kappa shape index (κ2) is 14.3. The van der Waals surface area contributed by atoms with E-state index in [1.165, 1.54) is 0 Å². The number of carbonyl (C=O) groups is 5. The fourth-order valence-corrected chi connectivity index (χ4v) is 2.59. The van der Waals surface area contributed by atoms with Gasteiger partial charge in [-0.25, -0.2) is 4.79 Å². The number of nitrogens with two attached hydrogens (primary N) is 2. The molecule has 3 unspecified atom stereocenters. The van der Waals surface area contributed by atoms with Crippen LogP contribution in [0.15, 0.2) is 0 Å². The van der Waals surface area contributed by atoms with E-state index in [4.69, 9.17) is 16.6 Å². The van der Waals surface area contributed by atoms with Gasteiger partial charge in [-0.2, -0.15) is 0 Å². The fraction of sp³-hybridized carbons (Fsp3) is 0.722. The molecule has 0 aromatic heterocycles. The lowest BCUT2D eigenvalue weighted by Crippen LogP contribution is -2.57. The summed E-state index contributed by atoms with van der Waals surface area (Å²) in [6.07, 6.45) is 0.512. The monoisotopic (exact) mass is 431 g/mol. The highest BCUT2D eigenvalue weighted by Crippen LogP contribution is 2.07.